The smallest absolute Gasteiger partial charge is 0.0675 e. The lowest BCUT2D eigenvalue weighted by Gasteiger charge is -2.05. The number of hydrogen-bond acceptors (Lipinski definition) is 1. The first-order chi connectivity index (χ1) is 6.27. The molecule has 0 saturated carbocycles. The van der Waals surface area contributed by atoms with Crippen molar-refractivity contribution < 1.29 is 0 Å². The van der Waals surface area contributed by atoms with Crippen molar-refractivity contribution in [2.75, 3.05) is 0 Å². The average molecular weight is 284 g/mol. The number of nitrogens with zero attached hydrogens (tertiary/aromatic N) is 2. The molecule has 0 atom stereocenters. The zero-order chi connectivity index (χ0) is 9.26. The third kappa shape index (κ3) is 1.75. The summed E-state index contributed by atoms with van der Waals surface area (Å²) >= 11 is 2.31. The largest absolute Gasteiger partial charge is 0.241 e. The molecule has 13 heavy (non-hydrogen) atoms. The Bertz CT molecular complexity index is 407. The Morgan fingerprint density at radius 2 is 2.23 bits per heavy atom. The summed E-state index contributed by atoms with van der Waals surface area (Å²) in [4.78, 5) is 0. The highest BCUT2D eigenvalue weighted by molar-refractivity contribution is 14.1. The lowest BCUT2D eigenvalue weighted by molar-refractivity contribution is 0.872. The molecule has 0 saturated heterocycles. The van der Waals surface area contributed by atoms with Crippen LogP contribution in [0.5, 0.6) is 0 Å². The predicted molar refractivity (Wildman–Crippen MR) is 61.0 cm³/mol. The number of benzene rings is 1. The van der Waals surface area contributed by atoms with Gasteiger partial charge in [-0.25, -0.2) is 4.68 Å². The van der Waals surface area contributed by atoms with E-state index in [2.05, 4.69) is 52.8 Å². The Morgan fingerprint density at radius 3 is 2.85 bits per heavy atom. The Labute approximate surface area is 90.7 Å². The van der Waals surface area contributed by atoms with E-state index in [1.54, 1.807) is 6.20 Å². The van der Waals surface area contributed by atoms with E-state index in [1.165, 1.54) is 9.13 Å². The highest BCUT2D eigenvalue weighted by atomic mass is 127. The number of halogens is 1. The van der Waals surface area contributed by atoms with Crippen LogP contribution in [-0.4, -0.2) is 9.78 Å². The van der Waals surface area contributed by atoms with Gasteiger partial charge in [0.1, 0.15) is 0 Å². The third-order valence-corrected chi connectivity index (χ3v) is 2.58. The van der Waals surface area contributed by atoms with Crippen molar-refractivity contribution in [1.82, 2.24) is 9.78 Å². The molecule has 1 aromatic heterocycles. The van der Waals surface area contributed by atoms with E-state index in [9.17, 15) is 0 Å². The van der Waals surface area contributed by atoms with Crippen LogP contribution in [0.25, 0.3) is 5.69 Å². The maximum Gasteiger partial charge on any atom is 0.0675 e. The number of rotatable bonds is 1. The molecule has 2 nitrogen and oxygen atoms in total. The van der Waals surface area contributed by atoms with Crippen molar-refractivity contribution in [3.05, 3.63) is 45.8 Å². The molecule has 3 heteroatoms. The van der Waals surface area contributed by atoms with Gasteiger partial charge in [0.15, 0.2) is 0 Å². The molecule has 0 N–H and O–H groups in total. The summed E-state index contributed by atoms with van der Waals surface area (Å²) in [5, 5.41) is 4.19. The van der Waals surface area contributed by atoms with Gasteiger partial charge in [0, 0.05) is 16.0 Å². The van der Waals surface area contributed by atoms with Gasteiger partial charge in [-0.05, 0) is 59.3 Å². The minimum Gasteiger partial charge on any atom is -0.241 e. The maximum absolute atomic E-state index is 4.19. The third-order valence-electron chi connectivity index (χ3n) is 1.91. The second-order valence-corrected chi connectivity index (χ2v) is 4.13. The summed E-state index contributed by atoms with van der Waals surface area (Å²) in [7, 11) is 0. The van der Waals surface area contributed by atoms with E-state index in [4.69, 9.17) is 0 Å². The molecule has 0 aliphatic rings. The van der Waals surface area contributed by atoms with Crippen molar-refractivity contribution in [1.29, 1.82) is 0 Å². The fourth-order valence-electron chi connectivity index (χ4n) is 1.29. The van der Waals surface area contributed by atoms with Crippen LogP contribution in [-0.2, 0) is 0 Å². The predicted octanol–water partition coefficient (Wildman–Crippen LogP) is 2.79. The average Bonchev–Trinajstić information content (AvgIpc) is 2.56. The summed E-state index contributed by atoms with van der Waals surface area (Å²) in [6, 6.07) is 8.25. The fourth-order valence-corrected chi connectivity index (χ4v) is 1.93. The van der Waals surface area contributed by atoms with Crippen LogP contribution in [0.15, 0.2) is 36.7 Å². The molecule has 0 unspecified atom stereocenters. The second-order valence-electron chi connectivity index (χ2n) is 2.88. The van der Waals surface area contributed by atoms with Gasteiger partial charge < -0.3 is 0 Å². The van der Waals surface area contributed by atoms with Gasteiger partial charge in [-0.15, -0.1) is 0 Å². The molecule has 0 aliphatic heterocycles. The zero-order valence-corrected chi connectivity index (χ0v) is 9.39. The normalized spacial score (nSPS) is 10.3. The number of aryl methyl sites for hydroxylation is 1. The van der Waals surface area contributed by atoms with E-state index in [-0.39, 0.29) is 0 Å². The van der Waals surface area contributed by atoms with Crippen LogP contribution in [0, 0.1) is 10.5 Å². The highest BCUT2D eigenvalue weighted by Gasteiger charge is 2.00. The Kier molecular flexibility index (Phi) is 2.35. The highest BCUT2D eigenvalue weighted by Crippen LogP contribution is 2.15. The zero-order valence-electron chi connectivity index (χ0n) is 7.24. The lowest BCUT2D eigenvalue weighted by Crippen LogP contribution is -1.97. The standard InChI is InChI=1S/C10H9IN2/c1-8-7-9(11)3-4-10(8)13-6-2-5-12-13/h2-7H,1H3. The summed E-state index contributed by atoms with van der Waals surface area (Å²) in [5.41, 5.74) is 2.39. The van der Waals surface area contributed by atoms with Gasteiger partial charge in [-0.2, -0.15) is 5.10 Å². The van der Waals surface area contributed by atoms with E-state index in [1.807, 2.05) is 16.9 Å². The summed E-state index contributed by atoms with van der Waals surface area (Å²) in [6.07, 6.45) is 3.74. The van der Waals surface area contributed by atoms with Crippen LogP contribution >= 0.6 is 22.6 Å². The van der Waals surface area contributed by atoms with E-state index < -0.39 is 0 Å². The first-order valence-corrected chi connectivity index (χ1v) is 5.11. The Morgan fingerprint density at radius 1 is 1.38 bits per heavy atom. The van der Waals surface area contributed by atoms with Gasteiger partial charge >= 0.3 is 0 Å². The van der Waals surface area contributed by atoms with Crippen molar-refractivity contribution in [3.63, 3.8) is 0 Å². The van der Waals surface area contributed by atoms with Gasteiger partial charge in [-0.3, -0.25) is 0 Å². The Balaban J connectivity index is 2.53. The molecule has 0 radical (unpaired) electrons. The molecule has 0 amide bonds. The van der Waals surface area contributed by atoms with Gasteiger partial charge in [0.25, 0.3) is 0 Å². The van der Waals surface area contributed by atoms with Crippen molar-refractivity contribution in [2.45, 2.75) is 6.92 Å². The summed E-state index contributed by atoms with van der Waals surface area (Å²) < 4.78 is 3.14. The van der Waals surface area contributed by atoms with Crippen LogP contribution in [0.4, 0.5) is 0 Å². The molecule has 0 bridgehead atoms. The van der Waals surface area contributed by atoms with Gasteiger partial charge in [0.2, 0.25) is 0 Å². The van der Waals surface area contributed by atoms with Crippen LogP contribution < -0.4 is 0 Å². The first-order valence-electron chi connectivity index (χ1n) is 4.03. The molecular formula is C10H9IN2. The summed E-state index contributed by atoms with van der Waals surface area (Å²) in [6.45, 7) is 2.10. The van der Waals surface area contributed by atoms with Crippen LogP contribution in [0.2, 0.25) is 0 Å². The minimum atomic E-state index is 1.14. The molecule has 66 valence electrons. The van der Waals surface area contributed by atoms with Gasteiger partial charge in [-0.1, -0.05) is 0 Å². The monoisotopic (exact) mass is 284 g/mol. The maximum atomic E-state index is 4.19. The SMILES string of the molecule is Cc1cc(I)ccc1-n1cccn1. The van der Waals surface area contributed by atoms with Crippen LogP contribution in [0.3, 0.4) is 0 Å². The molecule has 2 rings (SSSR count). The molecule has 2 aromatic rings. The van der Waals surface area contributed by atoms with E-state index >= 15 is 0 Å². The Hall–Kier alpha value is -0.840. The molecule has 0 fully saturated rings. The molecule has 0 aliphatic carbocycles. The van der Waals surface area contributed by atoms with Crippen molar-refractivity contribution in [2.24, 2.45) is 0 Å². The molecule has 1 heterocycles. The van der Waals surface area contributed by atoms with Crippen molar-refractivity contribution in [3.8, 4) is 5.69 Å². The van der Waals surface area contributed by atoms with E-state index in [0.717, 1.165) is 5.69 Å². The molecular weight excluding hydrogens is 275 g/mol. The topological polar surface area (TPSA) is 17.8 Å². The quantitative estimate of drug-likeness (QED) is 0.736. The van der Waals surface area contributed by atoms with E-state index in [0.29, 0.717) is 0 Å². The van der Waals surface area contributed by atoms with Crippen LogP contribution in [0.1, 0.15) is 5.56 Å². The van der Waals surface area contributed by atoms with Crippen molar-refractivity contribution >= 4 is 22.6 Å². The second kappa shape index (κ2) is 3.49. The van der Waals surface area contributed by atoms with Gasteiger partial charge in [0.05, 0.1) is 5.69 Å². The molecule has 0 spiro atoms. The summed E-state index contributed by atoms with van der Waals surface area (Å²) in [5.74, 6) is 0. The number of aromatic nitrogens is 2. The number of hydrogen-bond donors (Lipinski definition) is 0. The molecule has 1 aromatic carbocycles. The fraction of sp³-hybridized carbons (Fsp3) is 0.100. The lowest BCUT2D eigenvalue weighted by atomic mass is 10.2. The minimum absolute atomic E-state index is 1.14. The first kappa shape index (κ1) is 8.74.